The molecule has 1 aromatic heterocycles. The summed E-state index contributed by atoms with van der Waals surface area (Å²) in [6, 6.07) is 20.7. The minimum absolute atomic E-state index is 0.0669. The number of anilines is 1. The molecule has 0 aliphatic carbocycles. The van der Waals surface area contributed by atoms with Gasteiger partial charge in [0.05, 0.1) is 6.04 Å². The summed E-state index contributed by atoms with van der Waals surface area (Å²) in [7, 11) is 0. The molecule has 3 rings (SSSR count). The Hall–Kier alpha value is -1.72. The lowest BCUT2D eigenvalue weighted by Crippen LogP contribution is -2.12. The average molecular weight is 346 g/mol. The number of benzene rings is 2. The van der Waals surface area contributed by atoms with Crippen LogP contribution in [-0.4, -0.2) is 10.2 Å². The number of aromatic nitrogens is 2. The van der Waals surface area contributed by atoms with Crippen molar-refractivity contribution in [3.8, 4) is 0 Å². The zero-order valence-corrected chi connectivity index (χ0v) is 12.9. The minimum atomic E-state index is 0.0669. The molecule has 3 nitrogen and oxygen atoms in total. The van der Waals surface area contributed by atoms with E-state index in [0.717, 1.165) is 9.05 Å². The van der Waals surface area contributed by atoms with Gasteiger partial charge in [-0.15, -0.1) is 10.2 Å². The van der Waals surface area contributed by atoms with E-state index < -0.39 is 0 Å². The van der Waals surface area contributed by atoms with Gasteiger partial charge in [-0.1, -0.05) is 72.0 Å². The van der Waals surface area contributed by atoms with Gasteiger partial charge < -0.3 is 5.32 Å². The lowest BCUT2D eigenvalue weighted by molar-refractivity contribution is 0.921. The monoisotopic (exact) mass is 345 g/mol. The maximum Gasteiger partial charge on any atom is 0.207 e. The molecular formula is C15H12BrN3S. The first-order valence-electron chi connectivity index (χ1n) is 6.18. The summed E-state index contributed by atoms with van der Waals surface area (Å²) < 4.78 is 0.778. The Morgan fingerprint density at radius 2 is 1.40 bits per heavy atom. The highest BCUT2D eigenvalue weighted by Gasteiger charge is 2.15. The number of nitrogens with one attached hydrogen (secondary N) is 1. The maximum atomic E-state index is 4.12. The molecule has 0 amide bonds. The summed E-state index contributed by atoms with van der Waals surface area (Å²) in [6.45, 7) is 0. The number of halogens is 1. The summed E-state index contributed by atoms with van der Waals surface area (Å²) >= 11 is 4.83. The Morgan fingerprint density at radius 3 is 1.85 bits per heavy atom. The van der Waals surface area contributed by atoms with Gasteiger partial charge in [0.15, 0.2) is 3.92 Å². The largest absolute Gasteiger partial charge is 0.349 e. The van der Waals surface area contributed by atoms with Crippen LogP contribution in [0.3, 0.4) is 0 Å². The van der Waals surface area contributed by atoms with Gasteiger partial charge in [0.2, 0.25) is 5.13 Å². The van der Waals surface area contributed by atoms with Crippen LogP contribution >= 0.6 is 27.3 Å². The average Bonchev–Trinajstić information content (AvgIpc) is 2.92. The Kier molecular flexibility index (Phi) is 4.08. The van der Waals surface area contributed by atoms with Crippen LogP contribution in [0.25, 0.3) is 0 Å². The second-order valence-corrected chi connectivity index (χ2v) is 6.51. The van der Waals surface area contributed by atoms with E-state index in [-0.39, 0.29) is 6.04 Å². The molecule has 3 aromatic rings. The first-order valence-corrected chi connectivity index (χ1v) is 7.79. The molecule has 5 heteroatoms. The van der Waals surface area contributed by atoms with Crippen LogP contribution in [0.5, 0.6) is 0 Å². The van der Waals surface area contributed by atoms with Gasteiger partial charge in [-0.05, 0) is 27.1 Å². The molecule has 1 N–H and O–H groups in total. The van der Waals surface area contributed by atoms with Gasteiger partial charge in [-0.2, -0.15) is 0 Å². The Morgan fingerprint density at radius 1 is 0.850 bits per heavy atom. The van der Waals surface area contributed by atoms with Crippen LogP contribution in [0.4, 0.5) is 5.13 Å². The van der Waals surface area contributed by atoms with E-state index in [9.17, 15) is 0 Å². The number of hydrogen-bond acceptors (Lipinski definition) is 4. The highest BCUT2D eigenvalue weighted by Crippen LogP contribution is 2.29. The number of rotatable bonds is 4. The van der Waals surface area contributed by atoms with E-state index in [2.05, 4.69) is 55.7 Å². The third-order valence-corrected chi connectivity index (χ3v) is 4.22. The molecule has 0 saturated heterocycles. The summed E-state index contributed by atoms with van der Waals surface area (Å²) in [4.78, 5) is 0. The van der Waals surface area contributed by atoms with Crippen LogP contribution < -0.4 is 5.32 Å². The van der Waals surface area contributed by atoms with Crippen LogP contribution in [0.2, 0.25) is 0 Å². The van der Waals surface area contributed by atoms with Gasteiger partial charge in [-0.25, -0.2) is 0 Å². The van der Waals surface area contributed by atoms with Crippen molar-refractivity contribution in [1.82, 2.24) is 10.2 Å². The predicted octanol–water partition coefficient (Wildman–Crippen LogP) is 4.50. The molecule has 0 aliphatic heterocycles. The number of hydrogen-bond donors (Lipinski definition) is 1. The molecule has 0 atom stereocenters. The van der Waals surface area contributed by atoms with Crippen LogP contribution in [-0.2, 0) is 0 Å². The quantitative estimate of drug-likeness (QED) is 0.756. The molecule has 0 radical (unpaired) electrons. The van der Waals surface area contributed by atoms with Crippen LogP contribution in [0.15, 0.2) is 64.6 Å². The smallest absolute Gasteiger partial charge is 0.207 e. The van der Waals surface area contributed by atoms with E-state index in [1.165, 1.54) is 22.5 Å². The molecule has 0 saturated carbocycles. The van der Waals surface area contributed by atoms with Gasteiger partial charge in [0.25, 0.3) is 0 Å². The van der Waals surface area contributed by atoms with Crippen molar-refractivity contribution in [1.29, 1.82) is 0 Å². The normalized spacial score (nSPS) is 10.7. The Bertz CT molecular complexity index is 630. The highest BCUT2D eigenvalue weighted by molar-refractivity contribution is 9.11. The third-order valence-electron chi connectivity index (χ3n) is 2.93. The molecule has 0 fully saturated rings. The molecule has 0 bridgehead atoms. The van der Waals surface area contributed by atoms with E-state index in [0.29, 0.717) is 0 Å². The van der Waals surface area contributed by atoms with Crippen molar-refractivity contribution in [3.05, 3.63) is 75.7 Å². The van der Waals surface area contributed by atoms with Crippen molar-refractivity contribution in [2.45, 2.75) is 6.04 Å². The SMILES string of the molecule is Brc1nnc(NC(c2ccccc2)c2ccccc2)s1. The van der Waals surface area contributed by atoms with E-state index in [4.69, 9.17) is 0 Å². The van der Waals surface area contributed by atoms with Gasteiger partial charge >= 0.3 is 0 Å². The van der Waals surface area contributed by atoms with Crippen molar-refractivity contribution >= 4 is 32.4 Å². The molecule has 2 aromatic carbocycles. The van der Waals surface area contributed by atoms with Gasteiger partial charge in [-0.3, -0.25) is 0 Å². The summed E-state index contributed by atoms with van der Waals surface area (Å²) in [6.07, 6.45) is 0. The molecule has 0 spiro atoms. The fraction of sp³-hybridized carbons (Fsp3) is 0.0667. The summed E-state index contributed by atoms with van der Waals surface area (Å²) in [5, 5.41) is 12.3. The lowest BCUT2D eigenvalue weighted by atomic mass is 9.99. The summed E-state index contributed by atoms with van der Waals surface area (Å²) in [5.41, 5.74) is 2.40. The first kappa shape index (κ1) is 13.3. The van der Waals surface area contributed by atoms with Crippen molar-refractivity contribution in [3.63, 3.8) is 0 Å². The highest BCUT2D eigenvalue weighted by atomic mass is 79.9. The Balaban J connectivity index is 1.96. The van der Waals surface area contributed by atoms with Crippen molar-refractivity contribution < 1.29 is 0 Å². The van der Waals surface area contributed by atoms with Gasteiger partial charge in [0, 0.05) is 0 Å². The second-order valence-electron chi connectivity index (χ2n) is 4.26. The fourth-order valence-electron chi connectivity index (χ4n) is 2.04. The molecule has 1 heterocycles. The molecule has 0 unspecified atom stereocenters. The first-order chi connectivity index (χ1) is 9.83. The van der Waals surface area contributed by atoms with Crippen molar-refractivity contribution in [2.75, 3.05) is 5.32 Å². The molecular weight excluding hydrogens is 334 g/mol. The number of nitrogens with zero attached hydrogens (tertiary/aromatic N) is 2. The standard InChI is InChI=1S/C15H12BrN3S/c16-14-18-19-15(20-14)17-13(11-7-3-1-4-8-11)12-9-5-2-6-10-12/h1-10,13H,(H,17,19). The molecule has 20 heavy (non-hydrogen) atoms. The van der Waals surface area contributed by atoms with Crippen LogP contribution in [0, 0.1) is 0 Å². The summed E-state index contributed by atoms with van der Waals surface area (Å²) in [5.74, 6) is 0. The van der Waals surface area contributed by atoms with Crippen LogP contribution in [0.1, 0.15) is 17.2 Å². The lowest BCUT2D eigenvalue weighted by Gasteiger charge is -2.18. The third kappa shape index (κ3) is 3.05. The Labute approximate surface area is 129 Å². The molecule has 0 aliphatic rings. The van der Waals surface area contributed by atoms with E-state index in [1.54, 1.807) is 0 Å². The topological polar surface area (TPSA) is 37.8 Å². The maximum absolute atomic E-state index is 4.12. The zero-order valence-electron chi connectivity index (χ0n) is 10.5. The molecule has 100 valence electrons. The minimum Gasteiger partial charge on any atom is -0.349 e. The van der Waals surface area contributed by atoms with E-state index in [1.807, 2.05) is 36.4 Å². The van der Waals surface area contributed by atoms with Crippen molar-refractivity contribution in [2.24, 2.45) is 0 Å². The predicted molar refractivity (Wildman–Crippen MR) is 86.0 cm³/mol. The zero-order chi connectivity index (χ0) is 13.8. The second kappa shape index (κ2) is 6.15. The fourth-order valence-corrected chi connectivity index (χ4v) is 3.08. The van der Waals surface area contributed by atoms with E-state index >= 15 is 0 Å². The van der Waals surface area contributed by atoms with Gasteiger partial charge in [0.1, 0.15) is 0 Å².